The van der Waals surface area contributed by atoms with Crippen molar-refractivity contribution in [3.8, 4) is 5.69 Å². The summed E-state index contributed by atoms with van der Waals surface area (Å²) >= 11 is 1.54. The normalized spacial score (nSPS) is 15.1. The van der Waals surface area contributed by atoms with E-state index in [4.69, 9.17) is 9.26 Å². The molecule has 154 valence electrons. The number of thioether (sulfide) groups is 1. The number of aryl methyl sites for hydroxylation is 1. The number of anilines is 1. The summed E-state index contributed by atoms with van der Waals surface area (Å²) in [6.07, 6.45) is 0. The summed E-state index contributed by atoms with van der Waals surface area (Å²) in [6.45, 7) is 11.3. The van der Waals surface area contributed by atoms with Gasteiger partial charge in [0.1, 0.15) is 0 Å². The van der Waals surface area contributed by atoms with E-state index in [1.54, 1.807) is 11.8 Å². The molecule has 1 fully saturated rings. The largest absolute Gasteiger partial charge is 0.378 e. The van der Waals surface area contributed by atoms with Crippen LogP contribution in [0.15, 0.2) is 33.9 Å². The Morgan fingerprint density at radius 1 is 1.14 bits per heavy atom. The predicted octanol–water partition coefficient (Wildman–Crippen LogP) is 3.39. The molecule has 0 bridgehead atoms. The van der Waals surface area contributed by atoms with E-state index in [0.717, 1.165) is 29.9 Å². The van der Waals surface area contributed by atoms with Gasteiger partial charge in [0, 0.05) is 18.5 Å². The molecule has 3 heterocycles. The summed E-state index contributed by atoms with van der Waals surface area (Å²) in [7, 11) is 0. The number of aromatic nitrogens is 5. The van der Waals surface area contributed by atoms with Gasteiger partial charge in [-0.15, -0.1) is 10.2 Å². The van der Waals surface area contributed by atoms with Crippen molar-refractivity contribution in [2.75, 3.05) is 31.2 Å². The van der Waals surface area contributed by atoms with Crippen LogP contribution in [0.25, 0.3) is 5.69 Å². The zero-order chi connectivity index (χ0) is 20.4. The van der Waals surface area contributed by atoms with Gasteiger partial charge < -0.3 is 14.2 Å². The lowest BCUT2D eigenvalue weighted by atomic mass is 9.96. The number of benzene rings is 1. The first-order valence-corrected chi connectivity index (χ1v) is 10.7. The Bertz CT molecular complexity index is 972. The first-order chi connectivity index (χ1) is 13.9. The molecule has 1 aromatic carbocycles. The van der Waals surface area contributed by atoms with Crippen LogP contribution in [0.5, 0.6) is 0 Å². The molecular formula is C20H26N6O2S. The first kappa shape index (κ1) is 19.9. The number of nitrogens with zero attached hydrogens (tertiary/aromatic N) is 6. The molecule has 3 aromatic rings. The molecule has 0 radical (unpaired) electrons. The van der Waals surface area contributed by atoms with Crippen LogP contribution in [0.2, 0.25) is 0 Å². The fraction of sp³-hybridized carbons (Fsp3) is 0.500. The zero-order valence-corrected chi connectivity index (χ0v) is 18.1. The van der Waals surface area contributed by atoms with E-state index < -0.39 is 0 Å². The lowest BCUT2D eigenvalue weighted by Gasteiger charge is -2.28. The number of morpholine rings is 1. The number of ether oxygens (including phenoxy) is 1. The van der Waals surface area contributed by atoms with Crippen LogP contribution in [0.3, 0.4) is 0 Å². The molecule has 0 atom stereocenters. The third-order valence-electron chi connectivity index (χ3n) is 4.63. The molecule has 0 unspecified atom stereocenters. The lowest BCUT2D eigenvalue weighted by molar-refractivity contribution is 0.122. The Morgan fingerprint density at radius 3 is 2.62 bits per heavy atom. The minimum absolute atomic E-state index is 0.141. The van der Waals surface area contributed by atoms with Crippen LogP contribution < -0.4 is 4.90 Å². The number of hydrogen-bond acceptors (Lipinski definition) is 8. The molecule has 0 N–H and O–H groups in total. The van der Waals surface area contributed by atoms with Gasteiger partial charge >= 0.3 is 0 Å². The average molecular weight is 415 g/mol. The highest BCUT2D eigenvalue weighted by atomic mass is 32.2. The Hall–Kier alpha value is -2.39. The Morgan fingerprint density at radius 2 is 1.93 bits per heavy atom. The van der Waals surface area contributed by atoms with Gasteiger partial charge in [0.25, 0.3) is 0 Å². The van der Waals surface area contributed by atoms with Crippen LogP contribution in [-0.4, -0.2) is 51.2 Å². The maximum atomic E-state index is 5.50. The second-order valence-corrected chi connectivity index (χ2v) is 9.05. The molecule has 0 spiro atoms. The third-order valence-corrected chi connectivity index (χ3v) is 5.55. The topological polar surface area (TPSA) is 82.1 Å². The second-order valence-electron chi connectivity index (χ2n) is 8.11. The Kier molecular flexibility index (Phi) is 5.60. The minimum atomic E-state index is -0.141. The molecular weight excluding hydrogens is 388 g/mol. The van der Waals surface area contributed by atoms with Crippen molar-refractivity contribution in [2.24, 2.45) is 0 Å². The number of rotatable bonds is 5. The van der Waals surface area contributed by atoms with E-state index >= 15 is 0 Å². The molecule has 4 rings (SSSR count). The first-order valence-electron chi connectivity index (χ1n) is 9.73. The van der Waals surface area contributed by atoms with Crippen molar-refractivity contribution < 1.29 is 9.26 Å². The van der Waals surface area contributed by atoms with Gasteiger partial charge in [0.05, 0.1) is 24.7 Å². The maximum absolute atomic E-state index is 5.50. The van der Waals surface area contributed by atoms with E-state index in [0.29, 0.717) is 30.7 Å². The second kappa shape index (κ2) is 8.16. The van der Waals surface area contributed by atoms with Crippen molar-refractivity contribution in [3.63, 3.8) is 0 Å². The fourth-order valence-corrected chi connectivity index (χ4v) is 3.85. The van der Waals surface area contributed by atoms with Crippen LogP contribution >= 0.6 is 11.8 Å². The van der Waals surface area contributed by atoms with E-state index in [1.807, 2.05) is 0 Å². The summed E-state index contributed by atoms with van der Waals surface area (Å²) < 4.78 is 13.0. The van der Waals surface area contributed by atoms with Crippen LogP contribution in [-0.2, 0) is 15.9 Å². The maximum Gasteiger partial charge on any atom is 0.237 e. The van der Waals surface area contributed by atoms with Gasteiger partial charge in [-0.3, -0.25) is 4.57 Å². The quantitative estimate of drug-likeness (QED) is 0.588. The van der Waals surface area contributed by atoms with Crippen molar-refractivity contribution in [2.45, 2.75) is 44.0 Å². The molecule has 0 aliphatic carbocycles. The third kappa shape index (κ3) is 4.45. The molecule has 0 saturated carbocycles. The van der Waals surface area contributed by atoms with Crippen LogP contribution in [0.4, 0.5) is 5.95 Å². The summed E-state index contributed by atoms with van der Waals surface area (Å²) in [6, 6.07) is 8.36. The number of hydrogen-bond donors (Lipinski definition) is 0. The fourth-order valence-electron chi connectivity index (χ4n) is 3.06. The molecule has 1 saturated heterocycles. The lowest BCUT2D eigenvalue weighted by Crippen LogP contribution is -2.37. The molecule has 1 aliphatic rings. The van der Waals surface area contributed by atoms with Gasteiger partial charge in [-0.05, 0) is 24.6 Å². The van der Waals surface area contributed by atoms with Crippen molar-refractivity contribution >= 4 is 17.7 Å². The highest BCUT2D eigenvalue weighted by Crippen LogP contribution is 2.30. The molecule has 29 heavy (non-hydrogen) atoms. The van der Waals surface area contributed by atoms with Gasteiger partial charge in [0.2, 0.25) is 11.8 Å². The highest BCUT2D eigenvalue weighted by molar-refractivity contribution is 7.98. The Labute approximate surface area is 174 Å². The summed E-state index contributed by atoms with van der Waals surface area (Å²) in [4.78, 5) is 6.74. The summed E-state index contributed by atoms with van der Waals surface area (Å²) in [5, 5.41) is 13.9. The molecule has 1 aliphatic heterocycles. The van der Waals surface area contributed by atoms with Crippen molar-refractivity contribution in [3.05, 3.63) is 41.5 Å². The van der Waals surface area contributed by atoms with Gasteiger partial charge in [-0.1, -0.05) is 49.8 Å². The van der Waals surface area contributed by atoms with Gasteiger partial charge in [0.15, 0.2) is 11.0 Å². The minimum Gasteiger partial charge on any atom is -0.378 e. The van der Waals surface area contributed by atoms with E-state index in [9.17, 15) is 0 Å². The Balaban J connectivity index is 1.62. The smallest absolute Gasteiger partial charge is 0.237 e. The SMILES string of the molecule is Cc1cccc(-n2c(SCc3nc(C(C)(C)C)no3)nnc2N2CCOCC2)c1. The standard InChI is InChI=1S/C20H26N6O2S/c1-14-6-5-7-15(12-14)26-18(25-8-10-27-11-9-25)22-23-19(26)29-13-16-21-17(24-28-16)20(2,3)4/h5-7,12H,8-11,13H2,1-4H3. The van der Waals surface area contributed by atoms with Crippen molar-refractivity contribution in [1.82, 2.24) is 24.9 Å². The van der Waals surface area contributed by atoms with E-state index in [1.165, 1.54) is 5.56 Å². The summed E-state index contributed by atoms with van der Waals surface area (Å²) in [5.41, 5.74) is 2.09. The van der Waals surface area contributed by atoms with Crippen LogP contribution in [0.1, 0.15) is 38.0 Å². The van der Waals surface area contributed by atoms with E-state index in [2.05, 4.69) is 81.8 Å². The molecule has 0 amide bonds. The van der Waals surface area contributed by atoms with Crippen LogP contribution in [0, 0.1) is 6.92 Å². The van der Waals surface area contributed by atoms with Gasteiger partial charge in [-0.25, -0.2) is 0 Å². The van der Waals surface area contributed by atoms with E-state index in [-0.39, 0.29) is 5.41 Å². The molecule has 9 heteroatoms. The molecule has 8 nitrogen and oxygen atoms in total. The zero-order valence-electron chi connectivity index (χ0n) is 17.3. The predicted molar refractivity (Wildman–Crippen MR) is 112 cm³/mol. The van der Waals surface area contributed by atoms with Gasteiger partial charge in [-0.2, -0.15) is 4.98 Å². The molecule has 2 aromatic heterocycles. The summed E-state index contributed by atoms with van der Waals surface area (Å²) in [5.74, 6) is 2.67. The van der Waals surface area contributed by atoms with Crippen molar-refractivity contribution in [1.29, 1.82) is 0 Å². The highest BCUT2D eigenvalue weighted by Gasteiger charge is 2.24. The average Bonchev–Trinajstić information content (AvgIpc) is 3.34. The monoisotopic (exact) mass is 414 g/mol.